The van der Waals surface area contributed by atoms with Crippen LogP contribution in [-0.2, 0) is 6.42 Å². The lowest BCUT2D eigenvalue weighted by molar-refractivity contribution is -0.274. The van der Waals surface area contributed by atoms with E-state index in [0.29, 0.717) is 37.1 Å². The molecule has 3 aromatic rings. The SMILES string of the molecule is Nc1cc(OC(F)(F)F)ccc1C(=O)N1CCC(c2c(F)cnc3[nH]c4c(c23)[C@@H](CO)CCC4)CC1. The fourth-order valence-electron chi connectivity index (χ4n) is 5.60. The number of alkyl halides is 3. The summed E-state index contributed by atoms with van der Waals surface area (Å²) in [4.78, 5) is 22.2. The van der Waals surface area contributed by atoms with Gasteiger partial charge in [-0.25, -0.2) is 9.37 Å². The molecule has 3 heterocycles. The monoisotopic (exact) mass is 506 g/mol. The number of H-pyrrole nitrogens is 1. The molecule has 192 valence electrons. The lowest BCUT2D eigenvalue weighted by atomic mass is 9.81. The van der Waals surface area contributed by atoms with Crippen molar-refractivity contribution < 1.29 is 32.2 Å². The predicted octanol–water partition coefficient (Wildman–Crippen LogP) is 4.61. The molecule has 7 nitrogen and oxygen atoms in total. The summed E-state index contributed by atoms with van der Waals surface area (Å²) in [7, 11) is 0. The topological polar surface area (TPSA) is 104 Å². The second kappa shape index (κ2) is 9.27. The van der Waals surface area contributed by atoms with Crippen LogP contribution in [0, 0.1) is 5.82 Å². The summed E-state index contributed by atoms with van der Waals surface area (Å²) in [6.45, 7) is 0.656. The largest absolute Gasteiger partial charge is 0.573 e. The number of nitrogens with two attached hydrogens (primary N) is 1. The number of aliphatic hydroxyl groups is 1. The maximum Gasteiger partial charge on any atom is 0.573 e. The van der Waals surface area contributed by atoms with Gasteiger partial charge >= 0.3 is 6.36 Å². The van der Waals surface area contributed by atoms with E-state index in [-0.39, 0.29) is 29.7 Å². The summed E-state index contributed by atoms with van der Waals surface area (Å²) in [5, 5.41) is 10.7. The van der Waals surface area contributed by atoms with Crippen LogP contribution in [0.25, 0.3) is 11.0 Å². The second-order valence-corrected chi connectivity index (χ2v) is 9.40. The number of aromatic amines is 1. The molecule has 36 heavy (non-hydrogen) atoms. The standard InChI is InChI=1S/C25H26F4N4O3/c26-17-11-31-23-22(21-14(12-34)2-1-3-19(21)32-23)20(17)13-6-8-33(9-7-13)24(35)16-5-4-15(10-18(16)30)36-25(27,28)29/h4-5,10-11,13-14,34H,1-3,6-9,12,30H2,(H,31,32)/t14-/m1/s1. The van der Waals surface area contributed by atoms with Gasteiger partial charge in [0.15, 0.2) is 0 Å². The fourth-order valence-corrected chi connectivity index (χ4v) is 5.60. The maximum absolute atomic E-state index is 15.2. The van der Waals surface area contributed by atoms with Crippen molar-refractivity contribution in [1.29, 1.82) is 0 Å². The first-order valence-corrected chi connectivity index (χ1v) is 11.9. The number of aliphatic hydroxyl groups excluding tert-OH is 1. The zero-order valence-electron chi connectivity index (χ0n) is 19.4. The number of hydrogen-bond donors (Lipinski definition) is 3. The van der Waals surface area contributed by atoms with Crippen molar-refractivity contribution in [2.75, 3.05) is 25.4 Å². The summed E-state index contributed by atoms with van der Waals surface area (Å²) >= 11 is 0. The third-order valence-corrected chi connectivity index (χ3v) is 7.22. The molecular formula is C25H26F4N4O3. The van der Waals surface area contributed by atoms with E-state index in [1.165, 1.54) is 12.3 Å². The Morgan fingerprint density at radius 1 is 1.22 bits per heavy atom. The van der Waals surface area contributed by atoms with Crippen LogP contribution in [0.5, 0.6) is 5.75 Å². The van der Waals surface area contributed by atoms with Gasteiger partial charge in [-0.3, -0.25) is 4.79 Å². The van der Waals surface area contributed by atoms with E-state index in [0.717, 1.165) is 48.0 Å². The number of carbonyl (C=O) groups excluding carboxylic acids is 1. The molecule has 1 amide bonds. The molecule has 1 aromatic carbocycles. The molecule has 0 bridgehead atoms. The van der Waals surface area contributed by atoms with Crippen LogP contribution in [0.15, 0.2) is 24.4 Å². The van der Waals surface area contributed by atoms with E-state index in [4.69, 9.17) is 5.73 Å². The van der Waals surface area contributed by atoms with Crippen molar-refractivity contribution in [2.24, 2.45) is 0 Å². The molecule has 1 aliphatic heterocycles. The number of rotatable bonds is 4. The van der Waals surface area contributed by atoms with Gasteiger partial charge in [-0.2, -0.15) is 0 Å². The van der Waals surface area contributed by atoms with Crippen molar-refractivity contribution in [3.63, 3.8) is 0 Å². The fraction of sp³-hybridized carbons (Fsp3) is 0.440. The molecule has 0 unspecified atom stereocenters. The summed E-state index contributed by atoms with van der Waals surface area (Å²) in [6.07, 6.45) is -0.0467. The molecule has 4 N–H and O–H groups in total. The molecule has 2 aromatic heterocycles. The number of aryl methyl sites for hydroxylation is 1. The molecule has 2 aliphatic rings. The number of amides is 1. The van der Waals surface area contributed by atoms with Crippen molar-refractivity contribution in [3.8, 4) is 5.75 Å². The third kappa shape index (κ3) is 4.47. The van der Waals surface area contributed by atoms with Crippen molar-refractivity contribution in [3.05, 3.63) is 52.6 Å². The molecule has 1 aliphatic carbocycles. The molecule has 0 saturated carbocycles. The maximum atomic E-state index is 15.2. The van der Waals surface area contributed by atoms with Crippen LogP contribution in [0.1, 0.15) is 64.7 Å². The third-order valence-electron chi connectivity index (χ3n) is 7.22. The number of carbonyl (C=O) groups is 1. The Balaban J connectivity index is 1.36. The van der Waals surface area contributed by atoms with Gasteiger partial charge in [-0.15, -0.1) is 13.2 Å². The number of ether oxygens (including phenoxy) is 1. The second-order valence-electron chi connectivity index (χ2n) is 9.40. The van der Waals surface area contributed by atoms with Gasteiger partial charge in [-0.05, 0) is 55.7 Å². The molecule has 11 heteroatoms. The lowest BCUT2D eigenvalue weighted by Crippen LogP contribution is -2.38. The molecule has 5 rings (SSSR count). The van der Waals surface area contributed by atoms with Crippen LogP contribution in [-0.4, -0.2) is 51.9 Å². The van der Waals surface area contributed by atoms with E-state index in [1.54, 1.807) is 4.90 Å². The molecule has 0 radical (unpaired) electrons. The van der Waals surface area contributed by atoms with Crippen molar-refractivity contribution >= 4 is 22.6 Å². The first-order valence-electron chi connectivity index (χ1n) is 11.9. The Kier molecular flexibility index (Phi) is 6.27. The summed E-state index contributed by atoms with van der Waals surface area (Å²) < 4.78 is 56.4. The quantitative estimate of drug-likeness (QED) is 0.354. The van der Waals surface area contributed by atoms with Crippen LogP contribution >= 0.6 is 0 Å². The van der Waals surface area contributed by atoms with Crippen LogP contribution in [0.3, 0.4) is 0 Å². The minimum atomic E-state index is -4.86. The molecule has 1 fully saturated rings. The van der Waals surface area contributed by atoms with Gasteiger partial charge in [0.05, 0.1) is 18.4 Å². The Morgan fingerprint density at radius 3 is 2.64 bits per heavy atom. The normalized spacial score (nSPS) is 18.9. The number of piperidine rings is 1. The molecule has 0 spiro atoms. The minimum Gasteiger partial charge on any atom is -0.406 e. The van der Waals surface area contributed by atoms with Gasteiger partial charge in [0, 0.05) is 47.4 Å². The number of anilines is 1. The summed E-state index contributed by atoms with van der Waals surface area (Å²) in [5.41, 5.74) is 8.96. The number of aromatic nitrogens is 2. The highest BCUT2D eigenvalue weighted by Crippen LogP contribution is 2.42. The number of halogens is 4. The van der Waals surface area contributed by atoms with Gasteiger partial charge < -0.3 is 25.5 Å². The smallest absolute Gasteiger partial charge is 0.406 e. The number of benzene rings is 1. The van der Waals surface area contributed by atoms with Gasteiger partial charge in [0.2, 0.25) is 0 Å². The number of nitrogens with one attached hydrogen (secondary N) is 1. The first kappa shape index (κ1) is 24.4. The van der Waals surface area contributed by atoms with E-state index in [9.17, 15) is 23.1 Å². The Labute approximate surface area is 204 Å². The van der Waals surface area contributed by atoms with Crippen LogP contribution < -0.4 is 10.5 Å². The minimum absolute atomic E-state index is 0.0168. The predicted molar refractivity (Wildman–Crippen MR) is 124 cm³/mol. The zero-order chi connectivity index (χ0) is 25.6. The van der Waals surface area contributed by atoms with Crippen LogP contribution in [0.2, 0.25) is 0 Å². The van der Waals surface area contributed by atoms with Gasteiger partial charge in [0.1, 0.15) is 17.2 Å². The average molecular weight is 507 g/mol. The molecule has 1 saturated heterocycles. The number of nitrogen functional groups attached to an aromatic ring is 1. The average Bonchev–Trinajstić information content (AvgIpc) is 3.22. The van der Waals surface area contributed by atoms with E-state index >= 15 is 4.39 Å². The highest BCUT2D eigenvalue weighted by molar-refractivity contribution is 5.99. The van der Waals surface area contributed by atoms with Crippen molar-refractivity contribution in [2.45, 2.75) is 50.3 Å². The number of fused-ring (bicyclic) bond motifs is 3. The van der Waals surface area contributed by atoms with E-state index in [1.807, 2.05) is 0 Å². The Bertz CT molecular complexity index is 1300. The Morgan fingerprint density at radius 2 is 1.97 bits per heavy atom. The molecular weight excluding hydrogens is 480 g/mol. The van der Waals surface area contributed by atoms with E-state index < -0.39 is 23.8 Å². The first-order chi connectivity index (χ1) is 17.2. The van der Waals surface area contributed by atoms with Crippen LogP contribution in [0.4, 0.5) is 23.2 Å². The number of pyridine rings is 1. The van der Waals surface area contributed by atoms with Gasteiger partial charge in [0.25, 0.3) is 5.91 Å². The van der Waals surface area contributed by atoms with Crippen molar-refractivity contribution in [1.82, 2.24) is 14.9 Å². The number of hydrogen-bond acceptors (Lipinski definition) is 5. The highest BCUT2D eigenvalue weighted by Gasteiger charge is 2.34. The molecule has 1 atom stereocenters. The zero-order valence-corrected chi connectivity index (χ0v) is 19.4. The summed E-state index contributed by atoms with van der Waals surface area (Å²) in [5.74, 6) is -1.52. The lowest BCUT2D eigenvalue weighted by Gasteiger charge is -2.33. The van der Waals surface area contributed by atoms with Gasteiger partial charge in [-0.1, -0.05) is 0 Å². The van der Waals surface area contributed by atoms with E-state index in [2.05, 4.69) is 14.7 Å². The number of likely N-dealkylation sites (tertiary alicyclic amines) is 1. The highest BCUT2D eigenvalue weighted by atomic mass is 19.4. The Hall–Kier alpha value is -3.34. The summed E-state index contributed by atoms with van der Waals surface area (Å²) in [6, 6.07) is 3.25. The number of nitrogens with zero attached hydrogens (tertiary/aromatic N) is 2.